The molecule has 0 spiro atoms. The Hall–Kier alpha value is -8.35. The van der Waals surface area contributed by atoms with Gasteiger partial charge in [-0.2, -0.15) is 0 Å². The number of para-hydroxylation sites is 1. The molecule has 2 amide bonds. The Balaban J connectivity index is 0.869. The van der Waals surface area contributed by atoms with E-state index in [0.29, 0.717) is 94.5 Å². The van der Waals surface area contributed by atoms with Crippen molar-refractivity contribution < 1.29 is 28.9 Å². The highest BCUT2D eigenvalue weighted by atomic mass is 19.1. The molecule has 4 aromatic carbocycles. The van der Waals surface area contributed by atoms with Gasteiger partial charge in [0.05, 0.1) is 44.6 Å². The third-order valence-electron chi connectivity index (χ3n) is 11.4. The number of anilines is 2. The van der Waals surface area contributed by atoms with Crippen LogP contribution in [0.15, 0.2) is 134 Å². The summed E-state index contributed by atoms with van der Waals surface area (Å²) >= 11 is 0. The van der Waals surface area contributed by atoms with Crippen LogP contribution < -0.4 is 26.0 Å². The van der Waals surface area contributed by atoms with Crippen molar-refractivity contribution in [3.05, 3.63) is 174 Å². The molecule has 18 heteroatoms. The maximum absolute atomic E-state index is 13.8. The van der Waals surface area contributed by atoms with Crippen LogP contribution in [0.4, 0.5) is 15.8 Å². The fraction of sp³-hybridized carbons (Fsp3) is 0.200. The van der Waals surface area contributed by atoms with E-state index in [-0.39, 0.29) is 56.5 Å². The minimum Gasteiger partial charge on any atom is -0.492 e. The first-order chi connectivity index (χ1) is 33.3. The predicted molar refractivity (Wildman–Crippen MR) is 252 cm³/mol. The van der Waals surface area contributed by atoms with Gasteiger partial charge in [-0.25, -0.2) is 4.39 Å². The minimum absolute atomic E-state index is 0.0832. The Bertz CT molecular complexity index is 3050. The number of amides is 2. The molecule has 17 nitrogen and oxygen atoms in total. The third kappa shape index (κ3) is 10.2. The molecule has 9 rings (SSSR count). The van der Waals surface area contributed by atoms with Gasteiger partial charge >= 0.3 is 0 Å². The van der Waals surface area contributed by atoms with E-state index in [1.54, 1.807) is 61.1 Å². The van der Waals surface area contributed by atoms with Gasteiger partial charge in [-0.1, -0.05) is 36.4 Å². The molecule has 0 aliphatic carbocycles. The Morgan fingerprint density at radius 1 is 0.676 bits per heavy atom. The molecule has 1 aliphatic heterocycles. The number of ether oxygens (including phenoxy) is 1. The zero-order valence-corrected chi connectivity index (χ0v) is 36.7. The Labute approximate surface area is 390 Å². The van der Waals surface area contributed by atoms with E-state index in [1.807, 2.05) is 69.8 Å². The van der Waals surface area contributed by atoms with Gasteiger partial charge in [0, 0.05) is 89.4 Å². The molecule has 6 N–H and O–H groups in total. The average molecular weight is 915 g/mol. The van der Waals surface area contributed by atoms with E-state index in [9.17, 15) is 24.2 Å². The number of carbonyl (C=O) groups excluding carboxylic acids is 2. The summed E-state index contributed by atoms with van der Waals surface area (Å²) in [4.78, 5) is 35.5. The van der Waals surface area contributed by atoms with E-state index in [4.69, 9.17) is 9.72 Å². The lowest BCUT2D eigenvalue weighted by molar-refractivity contribution is 0.0922. The number of hydrogen-bond acceptors (Lipinski definition) is 13. The van der Waals surface area contributed by atoms with Crippen molar-refractivity contribution in [2.24, 2.45) is 0 Å². The third-order valence-corrected chi connectivity index (χ3v) is 11.4. The number of carbonyl (C=O) groups is 2. The van der Waals surface area contributed by atoms with Crippen molar-refractivity contribution in [3.63, 3.8) is 0 Å². The number of rotatable bonds is 18. The zero-order chi connectivity index (χ0) is 46.8. The molecule has 1 aliphatic rings. The topological polar surface area (TPSA) is 219 Å². The Kier molecular flexibility index (Phi) is 13.8. The molecule has 1 atom stereocenters. The van der Waals surface area contributed by atoms with Gasteiger partial charge in [-0.05, 0) is 84.4 Å². The van der Waals surface area contributed by atoms with Gasteiger partial charge in [0.25, 0.3) is 11.8 Å². The number of nitrogens with one attached hydrogen (secondary N) is 4. The summed E-state index contributed by atoms with van der Waals surface area (Å²) in [7, 11) is 0. The quantitative estimate of drug-likeness (QED) is 0.0567. The summed E-state index contributed by atoms with van der Waals surface area (Å²) in [6, 6.07) is 33.2. The summed E-state index contributed by atoms with van der Waals surface area (Å²) in [5.41, 5.74) is 6.68. The Morgan fingerprint density at radius 3 is 1.99 bits per heavy atom. The van der Waals surface area contributed by atoms with Gasteiger partial charge < -0.3 is 45.4 Å². The second-order valence-corrected chi connectivity index (χ2v) is 15.9. The number of halogens is 1. The highest BCUT2D eigenvalue weighted by Gasteiger charge is 2.27. The molecule has 0 radical (unpaired) electrons. The predicted octanol–water partition coefficient (Wildman–Crippen LogP) is 6.19. The lowest BCUT2D eigenvalue weighted by Crippen LogP contribution is -2.32. The number of fused-ring (bicyclic) bond motifs is 1. The van der Waals surface area contributed by atoms with Crippen LogP contribution in [-0.4, -0.2) is 81.3 Å². The molecule has 0 saturated heterocycles. The van der Waals surface area contributed by atoms with Crippen LogP contribution >= 0.6 is 0 Å². The smallest absolute Gasteiger partial charge is 0.251 e. The van der Waals surface area contributed by atoms with Gasteiger partial charge in [0.1, 0.15) is 11.6 Å². The Morgan fingerprint density at radius 2 is 1.31 bits per heavy atom. The number of pyridine rings is 2. The standard InChI is InChI=1S/C50H47FN12O5/c51-37-8-1-5-32(25-37)29-56-49(66)35-6-2-9-38(26-35)54-31-45-59-61-48(63(45)21-23-65)34-15-19-53-43(28-34)41-12-4-11-40-42(16-24-68-46(40)41)57-50(67)36-7-3-10-39(27-36)55-30-44-58-60-47(62(44)20-22-64)33-13-17-52-18-14-33/h1-15,17-19,25-28,42,54-55,64-65H,16,20-24,29-31H2,(H,56,66)(H,57,67)/t42-/m0/s1. The number of nitrogens with zero attached hydrogens (tertiary/aromatic N) is 8. The van der Waals surface area contributed by atoms with E-state index in [0.717, 1.165) is 16.7 Å². The number of hydrogen-bond donors (Lipinski definition) is 6. The second kappa shape index (κ2) is 20.9. The summed E-state index contributed by atoms with van der Waals surface area (Å²) in [5.74, 6) is 2.05. The maximum atomic E-state index is 13.8. The number of aromatic nitrogens is 8. The van der Waals surface area contributed by atoms with E-state index in [1.165, 1.54) is 12.1 Å². The fourth-order valence-corrected chi connectivity index (χ4v) is 8.10. The SMILES string of the molecule is O=C(NCc1cccc(F)c1)c1cccc(NCc2nnc(-c3ccnc(-c4cccc5c4OCC[C@@H]5NC(=O)c4cccc(NCc5nnc(-c6ccncc6)n5CCO)c4)c3)n2CCO)c1. The maximum Gasteiger partial charge on any atom is 0.251 e. The van der Waals surface area contributed by atoms with E-state index >= 15 is 0 Å². The van der Waals surface area contributed by atoms with Crippen molar-refractivity contribution in [2.45, 2.75) is 45.2 Å². The molecule has 5 heterocycles. The van der Waals surface area contributed by atoms with Crippen molar-refractivity contribution in [1.82, 2.24) is 50.1 Å². The molecule has 344 valence electrons. The molecule has 0 bridgehead atoms. The summed E-state index contributed by atoms with van der Waals surface area (Å²) in [5, 5.41) is 50.3. The highest BCUT2D eigenvalue weighted by molar-refractivity contribution is 5.96. The van der Waals surface area contributed by atoms with E-state index < -0.39 is 0 Å². The van der Waals surface area contributed by atoms with Crippen molar-refractivity contribution in [2.75, 3.05) is 30.5 Å². The molecular formula is C50H47FN12O5. The molecular weight excluding hydrogens is 868 g/mol. The molecule has 4 aromatic heterocycles. The average Bonchev–Trinajstić information content (AvgIpc) is 3.98. The van der Waals surface area contributed by atoms with Crippen LogP contribution in [0.3, 0.4) is 0 Å². The summed E-state index contributed by atoms with van der Waals surface area (Å²) in [6.45, 7) is 1.42. The number of aliphatic hydroxyl groups excluding tert-OH is 2. The van der Waals surface area contributed by atoms with E-state index in [2.05, 4.69) is 46.6 Å². The molecule has 0 saturated carbocycles. The highest BCUT2D eigenvalue weighted by Crippen LogP contribution is 2.40. The lowest BCUT2D eigenvalue weighted by atomic mass is 9.95. The molecule has 8 aromatic rings. The number of benzene rings is 4. The van der Waals surface area contributed by atoms with Crippen LogP contribution in [0.5, 0.6) is 5.75 Å². The van der Waals surface area contributed by atoms with Crippen molar-refractivity contribution in [3.8, 4) is 39.8 Å². The second-order valence-electron chi connectivity index (χ2n) is 15.9. The van der Waals surface area contributed by atoms with Crippen molar-refractivity contribution in [1.29, 1.82) is 0 Å². The largest absolute Gasteiger partial charge is 0.492 e. The van der Waals surface area contributed by atoms with Gasteiger partial charge in [-0.15, -0.1) is 20.4 Å². The molecule has 0 unspecified atom stereocenters. The van der Waals surface area contributed by atoms with Gasteiger partial charge in [-0.3, -0.25) is 19.6 Å². The zero-order valence-electron chi connectivity index (χ0n) is 36.7. The lowest BCUT2D eigenvalue weighted by Gasteiger charge is -2.28. The number of aliphatic hydroxyl groups is 2. The monoisotopic (exact) mass is 914 g/mol. The van der Waals surface area contributed by atoms with Gasteiger partial charge in [0.2, 0.25) is 0 Å². The van der Waals surface area contributed by atoms with Crippen LogP contribution in [0.25, 0.3) is 34.0 Å². The summed E-state index contributed by atoms with van der Waals surface area (Å²) < 4.78 is 23.6. The fourth-order valence-electron chi connectivity index (χ4n) is 8.10. The van der Waals surface area contributed by atoms with Gasteiger partial charge in [0.15, 0.2) is 23.3 Å². The normalized spacial score (nSPS) is 13.0. The van der Waals surface area contributed by atoms with Crippen LogP contribution in [0.1, 0.15) is 56.0 Å². The van der Waals surface area contributed by atoms with Crippen LogP contribution in [0.2, 0.25) is 0 Å². The van der Waals surface area contributed by atoms with Crippen molar-refractivity contribution >= 4 is 23.2 Å². The minimum atomic E-state index is -0.366. The first-order valence-electron chi connectivity index (χ1n) is 22.1. The summed E-state index contributed by atoms with van der Waals surface area (Å²) in [6.07, 6.45) is 5.60. The molecule has 68 heavy (non-hydrogen) atoms. The first-order valence-corrected chi connectivity index (χ1v) is 22.1. The van der Waals surface area contributed by atoms with Crippen LogP contribution in [0, 0.1) is 5.82 Å². The van der Waals surface area contributed by atoms with Crippen LogP contribution in [-0.2, 0) is 32.7 Å². The molecule has 0 fully saturated rings. The first kappa shape index (κ1) is 44.8.